The molecule has 0 spiro atoms. The topological polar surface area (TPSA) is 42.1 Å². The molecule has 1 aromatic rings. The first-order chi connectivity index (χ1) is 6.58. The number of aromatic nitrogens is 1. The van der Waals surface area contributed by atoms with Gasteiger partial charge in [-0.2, -0.15) is 0 Å². The highest BCUT2D eigenvalue weighted by atomic mass is 32.1. The van der Waals surface area contributed by atoms with Crippen LogP contribution in [-0.4, -0.2) is 28.5 Å². The van der Waals surface area contributed by atoms with Gasteiger partial charge in [-0.1, -0.05) is 12.2 Å². The highest BCUT2D eigenvalue weighted by Gasteiger charge is 2.03. The first-order valence-electron chi connectivity index (χ1n) is 4.46. The van der Waals surface area contributed by atoms with E-state index in [-0.39, 0.29) is 0 Å². The number of hydrogen-bond acceptors (Lipinski definition) is 4. The molecule has 78 valence electrons. The van der Waals surface area contributed by atoms with Gasteiger partial charge in [0.05, 0.1) is 11.5 Å². The molecule has 1 aromatic heterocycles. The molecule has 0 unspecified atom stereocenters. The lowest BCUT2D eigenvalue weighted by atomic mass is 10.4. The number of hydrogen-bond donors (Lipinski definition) is 1. The molecule has 1 heterocycles. The van der Waals surface area contributed by atoms with Crippen molar-refractivity contribution in [1.82, 2.24) is 9.88 Å². The molecule has 0 atom stereocenters. The molecule has 0 saturated heterocycles. The molecule has 0 aliphatic rings. The van der Waals surface area contributed by atoms with Crippen LogP contribution in [0.1, 0.15) is 17.1 Å². The third kappa shape index (κ3) is 4.13. The van der Waals surface area contributed by atoms with Crippen molar-refractivity contribution in [2.45, 2.75) is 19.9 Å². The number of thiazole rings is 1. The quantitative estimate of drug-likeness (QED) is 0.778. The standard InChI is InChI=1S/C9H15N3S2/c1-7-6-14-9(11-7)5-12(2)4-3-8(10)13/h6H,3-5H2,1-2H3,(H2,10,13). The smallest absolute Gasteiger partial charge is 0.107 e. The first-order valence-corrected chi connectivity index (χ1v) is 5.74. The Morgan fingerprint density at radius 1 is 1.71 bits per heavy atom. The molecule has 1 rings (SSSR count). The second-order valence-electron chi connectivity index (χ2n) is 3.34. The monoisotopic (exact) mass is 229 g/mol. The van der Waals surface area contributed by atoms with Crippen LogP contribution in [-0.2, 0) is 6.54 Å². The van der Waals surface area contributed by atoms with Gasteiger partial charge in [-0.3, -0.25) is 4.90 Å². The van der Waals surface area contributed by atoms with Gasteiger partial charge in [-0.25, -0.2) is 4.98 Å². The lowest BCUT2D eigenvalue weighted by Crippen LogP contribution is -2.23. The van der Waals surface area contributed by atoms with Gasteiger partial charge in [0.25, 0.3) is 0 Å². The largest absolute Gasteiger partial charge is 0.393 e. The Balaban J connectivity index is 2.33. The van der Waals surface area contributed by atoms with Crippen molar-refractivity contribution in [3.63, 3.8) is 0 Å². The van der Waals surface area contributed by atoms with Crippen molar-refractivity contribution in [2.75, 3.05) is 13.6 Å². The van der Waals surface area contributed by atoms with E-state index in [1.165, 1.54) is 0 Å². The number of nitrogens with two attached hydrogens (primary N) is 1. The van der Waals surface area contributed by atoms with E-state index in [0.29, 0.717) is 4.99 Å². The fraction of sp³-hybridized carbons (Fsp3) is 0.556. The lowest BCUT2D eigenvalue weighted by molar-refractivity contribution is 0.336. The Kier molecular flexibility index (Phi) is 4.44. The Hall–Kier alpha value is -0.520. The average Bonchev–Trinajstić information content (AvgIpc) is 2.48. The van der Waals surface area contributed by atoms with Crippen molar-refractivity contribution in [3.8, 4) is 0 Å². The summed E-state index contributed by atoms with van der Waals surface area (Å²) in [4.78, 5) is 7.14. The van der Waals surface area contributed by atoms with E-state index < -0.39 is 0 Å². The zero-order chi connectivity index (χ0) is 10.6. The van der Waals surface area contributed by atoms with Gasteiger partial charge in [0.1, 0.15) is 5.01 Å². The predicted octanol–water partition coefficient (Wildman–Crippen LogP) is 1.56. The molecule has 5 heteroatoms. The van der Waals surface area contributed by atoms with E-state index in [0.717, 1.165) is 30.2 Å². The Morgan fingerprint density at radius 2 is 2.43 bits per heavy atom. The van der Waals surface area contributed by atoms with Crippen LogP contribution in [0.15, 0.2) is 5.38 Å². The minimum atomic E-state index is 0.576. The summed E-state index contributed by atoms with van der Waals surface area (Å²) in [6.07, 6.45) is 0.774. The summed E-state index contributed by atoms with van der Waals surface area (Å²) in [5.74, 6) is 0. The van der Waals surface area contributed by atoms with Crippen LogP contribution >= 0.6 is 23.6 Å². The minimum absolute atomic E-state index is 0.576. The summed E-state index contributed by atoms with van der Waals surface area (Å²) in [7, 11) is 2.05. The average molecular weight is 229 g/mol. The SMILES string of the molecule is Cc1csc(CN(C)CCC(N)=S)n1. The molecule has 0 aromatic carbocycles. The van der Waals surface area contributed by atoms with Crippen LogP contribution in [0, 0.1) is 6.92 Å². The zero-order valence-corrected chi connectivity index (χ0v) is 10.1. The second-order valence-corrected chi connectivity index (χ2v) is 4.80. The van der Waals surface area contributed by atoms with Crippen molar-refractivity contribution < 1.29 is 0 Å². The van der Waals surface area contributed by atoms with E-state index in [4.69, 9.17) is 18.0 Å². The molecule has 0 radical (unpaired) electrons. The maximum Gasteiger partial charge on any atom is 0.107 e. The first kappa shape index (κ1) is 11.6. The van der Waals surface area contributed by atoms with E-state index in [9.17, 15) is 0 Å². The molecular weight excluding hydrogens is 214 g/mol. The number of nitrogens with zero attached hydrogens (tertiary/aromatic N) is 2. The fourth-order valence-corrected chi connectivity index (χ4v) is 2.03. The van der Waals surface area contributed by atoms with E-state index in [1.54, 1.807) is 11.3 Å². The Labute approximate surface area is 93.9 Å². The Bertz CT molecular complexity index is 309. The van der Waals surface area contributed by atoms with Crippen LogP contribution in [0.3, 0.4) is 0 Å². The van der Waals surface area contributed by atoms with Gasteiger partial charge in [-0.15, -0.1) is 11.3 Å². The van der Waals surface area contributed by atoms with Crippen LogP contribution < -0.4 is 5.73 Å². The van der Waals surface area contributed by atoms with Crippen LogP contribution in [0.2, 0.25) is 0 Å². The third-order valence-electron chi connectivity index (χ3n) is 1.81. The van der Waals surface area contributed by atoms with Crippen LogP contribution in [0.5, 0.6) is 0 Å². The van der Waals surface area contributed by atoms with Gasteiger partial charge in [-0.05, 0) is 14.0 Å². The van der Waals surface area contributed by atoms with Crippen LogP contribution in [0.4, 0.5) is 0 Å². The van der Waals surface area contributed by atoms with Crippen molar-refractivity contribution in [1.29, 1.82) is 0 Å². The highest BCUT2D eigenvalue weighted by molar-refractivity contribution is 7.80. The fourth-order valence-electron chi connectivity index (χ4n) is 1.09. The molecule has 0 aliphatic heterocycles. The summed E-state index contributed by atoms with van der Waals surface area (Å²) in [6, 6.07) is 0. The maximum atomic E-state index is 5.43. The molecule has 0 bridgehead atoms. The van der Waals surface area contributed by atoms with Gasteiger partial charge in [0.2, 0.25) is 0 Å². The summed E-state index contributed by atoms with van der Waals surface area (Å²) < 4.78 is 0. The molecule has 0 saturated carbocycles. The molecule has 14 heavy (non-hydrogen) atoms. The Morgan fingerprint density at radius 3 is 2.93 bits per heavy atom. The van der Waals surface area contributed by atoms with Crippen molar-refractivity contribution in [2.24, 2.45) is 5.73 Å². The van der Waals surface area contributed by atoms with E-state index in [2.05, 4.69) is 22.3 Å². The lowest BCUT2D eigenvalue weighted by Gasteiger charge is -2.13. The molecule has 0 amide bonds. The van der Waals surface area contributed by atoms with E-state index in [1.807, 2.05) is 6.92 Å². The maximum absolute atomic E-state index is 5.43. The normalized spacial score (nSPS) is 10.8. The van der Waals surface area contributed by atoms with Gasteiger partial charge in [0.15, 0.2) is 0 Å². The van der Waals surface area contributed by atoms with Gasteiger partial charge >= 0.3 is 0 Å². The molecule has 0 fully saturated rings. The summed E-state index contributed by atoms with van der Waals surface area (Å²) in [6.45, 7) is 3.78. The second kappa shape index (κ2) is 5.38. The van der Waals surface area contributed by atoms with Crippen molar-refractivity contribution >= 4 is 28.5 Å². The van der Waals surface area contributed by atoms with E-state index >= 15 is 0 Å². The molecule has 2 N–H and O–H groups in total. The minimum Gasteiger partial charge on any atom is -0.393 e. The van der Waals surface area contributed by atoms with Crippen molar-refractivity contribution in [3.05, 3.63) is 16.1 Å². The molecular formula is C9H15N3S2. The molecule has 0 aliphatic carbocycles. The number of rotatable bonds is 5. The summed E-state index contributed by atoms with van der Waals surface area (Å²) >= 11 is 6.52. The van der Waals surface area contributed by atoms with Crippen LogP contribution in [0.25, 0.3) is 0 Å². The number of thiocarbonyl (C=S) groups is 1. The summed E-state index contributed by atoms with van der Waals surface area (Å²) in [5, 5.41) is 3.21. The highest BCUT2D eigenvalue weighted by Crippen LogP contribution is 2.10. The van der Waals surface area contributed by atoms with Gasteiger partial charge < -0.3 is 5.73 Å². The third-order valence-corrected chi connectivity index (χ3v) is 2.97. The predicted molar refractivity (Wildman–Crippen MR) is 64.6 cm³/mol. The summed E-state index contributed by atoms with van der Waals surface area (Å²) in [5.41, 5.74) is 6.52. The molecule has 3 nitrogen and oxygen atoms in total. The number of aryl methyl sites for hydroxylation is 1. The van der Waals surface area contributed by atoms with Gasteiger partial charge in [0, 0.05) is 24.0 Å². The zero-order valence-electron chi connectivity index (χ0n) is 8.49.